The minimum atomic E-state index is -0.364. The fraction of sp³-hybridized carbons (Fsp3) is 0.400. The van der Waals surface area contributed by atoms with E-state index >= 15 is 0 Å². The van der Waals surface area contributed by atoms with Gasteiger partial charge in [-0.1, -0.05) is 19.9 Å². The number of amides is 1. The summed E-state index contributed by atoms with van der Waals surface area (Å²) in [6.45, 7) is 6.55. The molecule has 8 heteroatoms. The predicted octanol–water partition coefficient (Wildman–Crippen LogP) is 3.52. The molecule has 1 saturated heterocycles. The van der Waals surface area contributed by atoms with E-state index in [1.807, 2.05) is 18.5 Å². The van der Waals surface area contributed by atoms with Crippen molar-refractivity contribution in [1.29, 1.82) is 0 Å². The number of hydrogen-bond acceptors (Lipinski definition) is 6. The molecule has 3 heterocycles. The van der Waals surface area contributed by atoms with Crippen LogP contribution in [-0.2, 0) is 11.8 Å². The van der Waals surface area contributed by atoms with E-state index in [0.29, 0.717) is 18.4 Å². The normalized spacial score (nSPS) is 18.0. The zero-order valence-corrected chi connectivity index (χ0v) is 16.5. The summed E-state index contributed by atoms with van der Waals surface area (Å²) in [5, 5.41) is 3.32. The summed E-state index contributed by atoms with van der Waals surface area (Å²) in [6, 6.07) is 7.87. The Morgan fingerprint density at radius 3 is 2.82 bits per heavy atom. The number of imidazole rings is 1. The number of hydrogen-bond donors (Lipinski definition) is 1. The fourth-order valence-corrected chi connectivity index (χ4v) is 3.44. The molecule has 0 spiro atoms. The smallest absolute Gasteiger partial charge is 0.415 e. The molecule has 2 atom stereocenters. The summed E-state index contributed by atoms with van der Waals surface area (Å²) in [5.41, 5.74) is 3.12. The maximum absolute atomic E-state index is 12.2. The third kappa shape index (κ3) is 3.26. The van der Waals surface area contributed by atoms with Gasteiger partial charge in [0.05, 0.1) is 29.4 Å². The van der Waals surface area contributed by atoms with E-state index in [2.05, 4.69) is 52.3 Å². The molecule has 1 aliphatic rings. The lowest BCUT2D eigenvalue weighted by atomic mass is 10.0. The van der Waals surface area contributed by atoms with Gasteiger partial charge in [-0.15, -0.1) is 0 Å². The molecule has 0 aliphatic carbocycles. The molecule has 4 rings (SSSR count). The van der Waals surface area contributed by atoms with Crippen LogP contribution in [0.3, 0.4) is 0 Å². The number of cyclic esters (lactones) is 1. The Kier molecular flexibility index (Phi) is 4.62. The van der Waals surface area contributed by atoms with Crippen LogP contribution in [0.25, 0.3) is 11.0 Å². The summed E-state index contributed by atoms with van der Waals surface area (Å²) in [4.78, 5) is 27.1. The Labute approximate surface area is 163 Å². The van der Waals surface area contributed by atoms with Crippen molar-refractivity contribution in [3.05, 3.63) is 42.4 Å². The van der Waals surface area contributed by atoms with Crippen LogP contribution in [0.5, 0.6) is 0 Å². The van der Waals surface area contributed by atoms with E-state index in [4.69, 9.17) is 4.74 Å². The minimum absolute atomic E-state index is 0.0203. The number of nitrogens with zero attached hydrogens (tertiary/aromatic N) is 5. The molecular formula is C20H24N6O2. The molecule has 0 unspecified atom stereocenters. The number of carbonyl (C=O) groups excluding carboxylic acids is 1. The maximum atomic E-state index is 12.2. The molecule has 8 nitrogen and oxygen atoms in total. The first-order chi connectivity index (χ1) is 13.4. The Morgan fingerprint density at radius 2 is 2.04 bits per heavy atom. The van der Waals surface area contributed by atoms with Crippen molar-refractivity contribution in [2.45, 2.75) is 32.9 Å². The number of fused-ring (bicyclic) bond motifs is 1. The minimum Gasteiger partial charge on any atom is -0.447 e. The van der Waals surface area contributed by atoms with E-state index in [1.165, 1.54) is 0 Å². The van der Waals surface area contributed by atoms with E-state index in [-0.39, 0.29) is 24.1 Å². The van der Waals surface area contributed by atoms with Crippen molar-refractivity contribution in [1.82, 2.24) is 19.5 Å². The monoisotopic (exact) mass is 380 g/mol. The lowest BCUT2D eigenvalue weighted by molar-refractivity contribution is 0.177. The molecule has 0 bridgehead atoms. The molecule has 0 radical (unpaired) electrons. The zero-order chi connectivity index (χ0) is 19.8. The van der Waals surface area contributed by atoms with Gasteiger partial charge in [-0.3, -0.25) is 4.90 Å². The summed E-state index contributed by atoms with van der Waals surface area (Å²) in [7, 11) is 1.98. The average Bonchev–Trinajstić information content (AvgIpc) is 3.24. The second-order valence-corrected chi connectivity index (χ2v) is 7.47. The topological polar surface area (TPSA) is 85.2 Å². The van der Waals surface area contributed by atoms with Gasteiger partial charge in [-0.2, -0.15) is 4.98 Å². The number of benzene rings is 1. The van der Waals surface area contributed by atoms with Crippen molar-refractivity contribution in [2.24, 2.45) is 13.0 Å². The fourth-order valence-electron chi connectivity index (χ4n) is 3.44. The first-order valence-corrected chi connectivity index (χ1v) is 9.40. The van der Waals surface area contributed by atoms with Gasteiger partial charge in [0, 0.05) is 13.2 Å². The van der Waals surface area contributed by atoms with Crippen LogP contribution in [-0.4, -0.2) is 38.3 Å². The molecular weight excluding hydrogens is 356 g/mol. The molecule has 1 fully saturated rings. The lowest BCUT2D eigenvalue weighted by Gasteiger charge is -2.23. The van der Waals surface area contributed by atoms with Gasteiger partial charge in [0.15, 0.2) is 0 Å². The van der Waals surface area contributed by atoms with Gasteiger partial charge in [0.1, 0.15) is 12.4 Å². The molecule has 1 N–H and O–H groups in total. The lowest BCUT2D eigenvalue weighted by Crippen LogP contribution is -2.37. The van der Waals surface area contributed by atoms with Crippen LogP contribution in [0.2, 0.25) is 0 Å². The summed E-state index contributed by atoms with van der Waals surface area (Å²) in [5.74, 6) is 1.28. The summed E-state index contributed by atoms with van der Waals surface area (Å²) < 4.78 is 7.21. The number of rotatable bonds is 5. The number of carbonyl (C=O) groups is 1. The summed E-state index contributed by atoms with van der Waals surface area (Å²) >= 11 is 0. The van der Waals surface area contributed by atoms with Crippen molar-refractivity contribution in [3.63, 3.8) is 0 Å². The third-order valence-electron chi connectivity index (χ3n) is 5.16. The van der Waals surface area contributed by atoms with Gasteiger partial charge in [-0.05, 0) is 36.6 Å². The number of aryl methyl sites for hydroxylation is 1. The highest BCUT2D eigenvalue weighted by molar-refractivity contribution is 5.89. The van der Waals surface area contributed by atoms with Crippen LogP contribution in [0, 0.1) is 5.92 Å². The molecule has 2 aromatic heterocycles. The highest BCUT2D eigenvalue weighted by Crippen LogP contribution is 2.27. The van der Waals surface area contributed by atoms with Crippen LogP contribution in [0.1, 0.15) is 32.4 Å². The second kappa shape index (κ2) is 7.10. The molecule has 1 aliphatic heterocycles. The first kappa shape index (κ1) is 18.2. The van der Waals surface area contributed by atoms with Crippen molar-refractivity contribution in [3.8, 4) is 0 Å². The van der Waals surface area contributed by atoms with E-state index < -0.39 is 0 Å². The van der Waals surface area contributed by atoms with E-state index in [1.54, 1.807) is 23.5 Å². The van der Waals surface area contributed by atoms with Crippen LogP contribution in [0.15, 0.2) is 36.8 Å². The Morgan fingerprint density at radius 1 is 1.21 bits per heavy atom. The Bertz CT molecular complexity index is 1010. The Balaban J connectivity index is 1.56. The van der Waals surface area contributed by atoms with Gasteiger partial charge >= 0.3 is 6.09 Å². The molecule has 0 saturated carbocycles. The van der Waals surface area contributed by atoms with Gasteiger partial charge in [0.25, 0.3) is 0 Å². The SMILES string of the molecule is CC(C)[C@H]1COC(=O)N1c1ccnc(N[C@@H](C)c2ccc3c(c2)ncn3C)n1. The molecule has 1 aromatic carbocycles. The third-order valence-corrected chi connectivity index (χ3v) is 5.16. The summed E-state index contributed by atoms with van der Waals surface area (Å²) in [6.07, 6.45) is 3.10. The Hall–Kier alpha value is -3.16. The van der Waals surface area contributed by atoms with Crippen molar-refractivity contribution in [2.75, 3.05) is 16.8 Å². The molecule has 28 heavy (non-hydrogen) atoms. The van der Waals surface area contributed by atoms with Crippen molar-refractivity contribution < 1.29 is 9.53 Å². The van der Waals surface area contributed by atoms with Crippen LogP contribution in [0.4, 0.5) is 16.6 Å². The quantitative estimate of drug-likeness (QED) is 0.729. The van der Waals surface area contributed by atoms with Crippen LogP contribution >= 0.6 is 0 Å². The first-order valence-electron chi connectivity index (χ1n) is 9.40. The van der Waals surface area contributed by atoms with Gasteiger partial charge in [0.2, 0.25) is 5.95 Å². The highest BCUT2D eigenvalue weighted by atomic mass is 16.6. The predicted molar refractivity (Wildman–Crippen MR) is 107 cm³/mol. The average molecular weight is 380 g/mol. The zero-order valence-electron chi connectivity index (χ0n) is 16.5. The van der Waals surface area contributed by atoms with Crippen LogP contribution < -0.4 is 10.2 Å². The van der Waals surface area contributed by atoms with Gasteiger partial charge < -0.3 is 14.6 Å². The number of aromatic nitrogens is 4. The largest absolute Gasteiger partial charge is 0.447 e. The number of anilines is 2. The number of ether oxygens (including phenoxy) is 1. The maximum Gasteiger partial charge on any atom is 0.415 e. The number of nitrogens with one attached hydrogen (secondary N) is 1. The highest BCUT2D eigenvalue weighted by Gasteiger charge is 2.37. The molecule has 3 aromatic rings. The molecule has 1 amide bonds. The van der Waals surface area contributed by atoms with Crippen molar-refractivity contribution >= 4 is 28.9 Å². The van der Waals surface area contributed by atoms with E-state index in [0.717, 1.165) is 16.6 Å². The molecule has 146 valence electrons. The van der Waals surface area contributed by atoms with Gasteiger partial charge in [-0.25, -0.2) is 14.8 Å². The standard InChI is InChI=1S/C20H24N6O2/c1-12(2)17-10-28-20(27)26(17)18-7-8-21-19(24-18)23-13(3)14-5-6-16-15(9-14)22-11-25(16)4/h5-9,11-13,17H,10H2,1-4H3,(H,21,23,24)/t13-,17+/m0/s1. The van der Waals surface area contributed by atoms with E-state index in [9.17, 15) is 4.79 Å². The second-order valence-electron chi connectivity index (χ2n) is 7.47.